The van der Waals surface area contributed by atoms with Gasteiger partial charge in [0.1, 0.15) is 11.9 Å². The Kier molecular flexibility index (Phi) is 5.96. The van der Waals surface area contributed by atoms with E-state index in [-0.39, 0.29) is 5.91 Å². The number of carbonyl (C=O) groups excluding carboxylic acids is 1. The number of halogens is 1. The van der Waals surface area contributed by atoms with Crippen LogP contribution in [0.5, 0.6) is 0 Å². The minimum atomic E-state index is -0.428. The summed E-state index contributed by atoms with van der Waals surface area (Å²) >= 11 is 6.08. The second-order valence-corrected chi connectivity index (χ2v) is 7.58. The Labute approximate surface area is 181 Å². The average molecular weight is 416 g/mol. The van der Waals surface area contributed by atoms with E-state index in [4.69, 9.17) is 11.6 Å². The van der Waals surface area contributed by atoms with E-state index >= 15 is 0 Å². The molecule has 1 amide bonds. The van der Waals surface area contributed by atoms with Crippen molar-refractivity contribution in [2.24, 2.45) is 7.05 Å². The van der Waals surface area contributed by atoms with Crippen molar-refractivity contribution in [3.05, 3.63) is 125 Å². The normalized spacial score (nSPS) is 12.0. The number of aromatic nitrogens is 2. The highest BCUT2D eigenvalue weighted by Crippen LogP contribution is 2.28. The monoisotopic (exact) mass is 415 g/mol. The number of amides is 1. The molecule has 4 nitrogen and oxygen atoms in total. The maximum atomic E-state index is 13.6. The highest BCUT2D eigenvalue weighted by atomic mass is 35.5. The predicted molar refractivity (Wildman–Crippen MR) is 119 cm³/mol. The van der Waals surface area contributed by atoms with Crippen LogP contribution in [0.25, 0.3) is 0 Å². The van der Waals surface area contributed by atoms with Gasteiger partial charge in [0.2, 0.25) is 5.91 Å². The Hall–Kier alpha value is -3.37. The molecule has 1 heterocycles. The first kappa shape index (κ1) is 19.9. The fourth-order valence-corrected chi connectivity index (χ4v) is 3.75. The second-order valence-electron chi connectivity index (χ2n) is 7.14. The fourth-order valence-electron chi connectivity index (χ4n) is 3.62. The van der Waals surface area contributed by atoms with Gasteiger partial charge in [-0.25, -0.2) is 4.98 Å². The molecule has 150 valence electrons. The Morgan fingerprint density at radius 2 is 1.43 bits per heavy atom. The first-order valence-electron chi connectivity index (χ1n) is 9.76. The first-order valence-corrected chi connectivity index (χ1v) is 10.1. The smallest absolute Gasteiger partial charge is 0.232 e. The third-order valence-corrected chi connectivity index (χ3v) is 5.39. The zero-order valence-electron chi connectivity index (χ0n) is 16.6. The van der Waals surface area contributed by atoms with Crippen LogP contribution in [0.2, 0.25) is 5.02 Å². The Bertz CT molecular complexity index is 1070. The third kappa shape index (κ3) is 4.29. The minimum absolute atomic E-state index is 0.0876. The van der Waals surface area contributed by atoms with Crippen molar-refractivity contribution < 1.29 is 4.79 Å². The molecule has 0 aliphatic carbocycles. The van der Waals surface area contributed by atoms with Crippen molar-refractivity contribution in [1.82, 2.24) is 14.9 Å². The van der Waals surface area contributed by atoms with Crippen LogP contribution in [0.3, 0.4) is 0 Å². The number of rotatable bonds is 6. The molecular formula is C25H22ClN3O. The summed E-state index contributed by atoms with van der Waals surface area (Å²) in [5.41, 5.74) is 2.80. The van der Waals surface area contributed by atoms with Gasteiger partial charge in [-0.3, -0.25) is 4.79 Å². The van der Waals surface area contributed by atoms with E-state index in [1.165, 1.54) is 0 Å². The van der Waals surface area contributed by atoms with Crippen molar-refractivity contribution in [2.45, 2.75) is 12.0 Å². The molecule has 0 bridgehead atoms. The van der Waals surface area contributed by atoms with Crippen LogP contribution >= 0.6 is 11.6 Å². The maximum absolute atomic E-state index is 13.6. The molecular weight excluding hydrogens is 394 g/mol. The predicted octanol–water partition coefficient (Wildman–Crippen LogP) is 5.11. The highest BCUT2D eigenvalue weighted by molar-refractivity contribution is 6.30. The molecule has 4 aromatic rings. The summed E-state index contributed by atoms with van der Waals surface area (Å²) in [6.45, 7) is 0. The lowest BCUT2D eigenvalue weighted by Crippen LogP contribution is -2.35. The second kappa shape index (κ2) is 8.97. The van der Waals surface area contributed by atoms with E-state index in [1.54, 1.807) is 6.20 Å². The Morgan fingerprint density at radius 1 is 0.867 bits per heavy atom. The number of aryl methyl sites for hydroxylation is 1. The molecule has 1 atom stereocenters. The summed E-state index contributed by atoms with van der Waals surface area (Å²) < 4.78 is 1.92. The number of benzene rings is 3. The van der Waals surface area contributed by atoms with Crippen LogP contribution in [-0.2, 0) is 11.8 Å². The number of nitrogens with one attached hydrogen (secondary N) is 1. The molecule has 0 fully saturated rings. The summed E-state index contributed by atoms with van der Waals surface area (Å²) in [6.07, 6.45) is 3.60. The zero-order chi connectivity index (χ0) is 20.9. The fraction of sp³-hybridized carbons (Fsp3) is 0.120. The van der Waals surface area contributed by atoms with Gasteiger partial charge in [0.25, 0.3) is 0 Å². The SMILES string of the molecule is Cn1ccnc1[C@@H](NC(=O)C(c1ccccc1)c1ccccc1)c1ccc(Cl)cc1. The minimum Gasteiger partial charge on any atom is -0.341 e. The summed E-state index contributed by atoms with van der Waals surface area (Å²) in [4.78, 5) is 18.1. The number of hydrogen-bond donors (Lipinski definition) is 1. The van der Waals surface area contributed by atoms with Crippen LogP contribution in [0, 0.1) is 0 Å². The first-order chi connectivity index (χ1) is 14.6. The lowest BCUT2D eigenvalue weighted by atomic mass is 9.90. The van der Waals surface area contributed by atoms with E-state index < -0.39 is 12.0 Å². The molecule has 0 unspecified atom stereocenters. The molecule has 0 spiro atoms. The quantitative estimate of drug-likeness (QED) is 0.475. The molecule has 5 heteroatoms. The van der Waals surface area contributed by atoms with Gasteiger partial charge in [0.15, 0.2) is 0 Å². The van der Waals surface area contributed by atoms with Gasteiger partial charge in [-0.15, -0.1) is 0 Å². The molecule has 0 aliphatic rings. The van der Waals surface area contributed by atoms with Crippen molar-refractivity contribution in [3.63, 3.8) is 0 Å². The molecule has 0 aliphatic heterocycles. The number of carbonyl (C=O) groups is 1. The van der Waals surface area contributed by atoms with Crippen LogP contribution in [0.15, 0.2) is 97.3 Å². The number of imidazole rings is 1. The van der Waals surface area contributed by atoms with Crippen molar-refractivity contribution in [3.8, 4) is 0 Å². The van der Waals surface area contributed by atoms with Gasteiger partial charge in [0.05, 0.1) is 5.92 Å². The standard InChI is InChI=1S/C25H22ClN3O/c1-29-17-16-27-24(29)23(20-12-14-21(26)15-13-20)28-25(30)22(18-8-4-2-5-9-18)19-10-6-3-7-11-19/h2-17,22-23H,1H3,(H,28,30)/t23-/m0/s1. The van der Waals surface area contributed by atoms with Gasteiger partial charge in [-0.05, 0) is 28.8 Å². The molecule has 30 heavy (non-hydrogen) atoms. The molecule has 0 radical (unpaired) electrons. The summed E-state index contributed by atoms with van der Waals surface area (Å²) in [5.74, 6) is 0.239. The third-order valence-electron chi connectivity index (χ3n) is 5.13. The summed E-state index contributed by atoms with van der Waals surface area (Å²) in [5, 5.41) is 3.88. The zero-order valence-corrected chi connectivity index (χ0v) is 17.3. The van der Waals surface area contributed by atoms with E-state index in [2.05, 4.69) is 10.3 Å². The molecule has 0 saturated heterocycles. The lowest BCUT2D eigenvalue weighted by Gasteiger charge is -2.24. The molecule has 1 aromatic heterocycles. The molecule has 1 N–H and O–H groups in total. The van der Waals surface area contributed by atoms with Crippen LogP contribution < -0.4 is 5.32 Å². The van der Waals surface area contributed by atoms with E-state index in [9.17, 15) is 4.79 Å². The Balaban J connectivity index is 1.73. The Morgan fingerprint density at radius 3 is 1.93 bits per heavy atom. The highest BCUT2D eigenvalue weighted by Gasteiger charge is 2.27. The molecule has 4 rings (SSSR count). The van der Waals surface area contributed by atoms with Gasteiger partial charge in [-0.1, -0.05) is 84.4 Å². The average Bonchev–Trinajstić information content (AvgIpc) is 3.20. The molecule has 0 saturated carbocycles. The number of hydrogen-bond acceptors (Lipinski definition) is 2. The maximum Gasteiger partial charge on any atom is 0.232 e. The number of nitrogens with zero attached hydrogens (tertiary/aromatic N) is 2. The van der Waals surface area contributed by atoms with Crippen LogP contribution in [0.1, 0.15) is 34.5 Å². The van der Waals surface area contributed by atoms with Gasteiger partial charge in [0, 0.05) is 24.5 Å². The van der Waals surface area contributed by atoms with Crippen LogP contribution in [-0.4, -0.2) is 15.5 Å². The lowest BCUT2D eigenvalue weighted by molar-refractivity contribution is -0.122. The molecule has 3 aromatic carbocycles. The van der Waals surface area contributed by atoms with Gasteiger partial charge in [-0.2, -0.15) is 0 Å². The van der Waals surface area contributed by atoms with E-state index in [0.29, 0.717) is 5.02 Å². The van der Waals surface area contributed by atoms with Crippen molar-refractivity contribution in [2.75, 3.05) is 0 Å². The van der Waals surface area contributed by atoms with Crippen LogP contribution in [0.4, 0.5) is 0 Å². The topological polar surface area (TPSA) is 46.9 Å². The van der Waals surface area contributed by atoms with Crippen molar-refractivity contribution in [1.29, 1.82) is 0 Å². The van der Waals surface area contributed by atoms with Crippen molar-refractivity contribution >= 4 is 17.5 Å². The van der Waals surface area contributed by atoms with E-state index in [0.717, 1.165) is 22.5 Å². The van der Waals surface area contributed by atoms with Gasteiger partial charge >= 0.3 is 0 Å². The van der Waals surface area contributed by atoms with Gasteiger partial charge < -0.3 is 9.88 Å². The summed E-state index contributed by atoms with van der Waals surface area (Å²) in [6, 6.07) is 26.7. The largest absolute Gasteiger partial charge is 0.341 e. The summed E-state index contributed by atoms with van der Waals surface area (Å²) in [7, 11) is 1.92. The van der Waals surface area contributed by atoms with E-state index in [1.807, 2.05) is 103 Å².